The number of hydrogen-bond donors (Lipinski definition) is 1. The maximum atomic E-state index is 12.6. The zero-order valence-corrected chi connectivity index (χ0v) is 16.6. The van der Waals surface area contributed by atoms with Crippen LogP contribution in [0.5, 0.6) is 0 Å². The van der Waals surface area contributed by atoms with Crippen LogP contribution in [0, 0.1) is 5.92 Å². The van der Waals surface area contributed by atoms with Crippen LogP contribution in [0.3, 0.4) is 0 Å². The Morgan fingerprint density at radius 1 is 1.41 bits per heavy atom. The summed E-state index contributed by atoms with van der Waals surface area (Å²) in [6.07, 6.45) is 3.39. The third kappa shape index (κ3) is 5.22. The van der Waals surface area contributed by atoms with Crippen molar-refractivity contribution in [3.8, 4) is 0 Å². The van der Waals surface area contributed by atoms with Crippen LogP contribution in [0.25, 0.3) is 0 Å². The molecule has 1 unspecified atom stereocenters. The van der Waals surface area contributed by atoms with Gasteiger partial charge in [0.05, 0.1) is 6.61 Å². The summed E-state index contributed by atoms with van der Waals surface area (Å²) in [6, 6.07) is 8.20. The van der Waals surface area contributed by atoms with E-state index >= 15 is 0 Å². The van der Waals surface area contributed by atoms with E-state index in [1.165, 1.54) is 5.56 Å². The second-order valence-electron chi connectivity index (χ2n) is 7.37. The molecule has 0 spiro atoms. The maximum Gasteiger partial charge on any atom is 0.227 e. The lowest BCUT2D eigenvalue weighted by Crippen LogP contribution is -2.41. The minimum atomic E-state index is 0.205. The molecular formula is C21H32N4O2. The first kappa shape index (κ1) is 19.7. The van der Waals surface area contributed by atoms with Crippen molar-refractivity contribution in [3.05, 3.63) is 29.8 Å². The van der Waals surface area contributed by atoms with Crippen LogP contribution in [-0.4, -0.2) is 63.2 Å². The fourth-order valence-electron chi connectivity index (χ4n) is 3.82. The summed E-state index contributed by atoms with van der Waals surface area (Å²) in [5.74, 6) is 1.70. The third-order valence-electron chi connectivity index (χ3n) is 5.25. The van der Waals surface area contributed by atoms with E-state index in [1.807, 2.05) is 23.1 Å². The summed E-state index contributed by atoms with van der Waals surface area (Å²) >= 11 is 0. The SMILES string of the molecule is CCNC(=NCCCC(=O)N1CCc2ccccc21)N(C)CC1CCOC1. The van der Waals surface area contributed by atoms with Crippen molar-refractivity contribution in [2.75, 3.05) is 51.3 Å². The molecule has 27 heavy (non-hydrogen) atoms. The van der Waals surface area contributed by atoms with E-state index in [1.54, 1.807) is 0 Å². The Bertz CT molecular complexity index is 655. The standard InChI is InChI=1S/C21H32N4O2/c1-3-22-21(24(2)15-17-11-14-27-16-17)23-12-6-9-20(26)25-13-10-18-7-4-5-8-19(18)25/h4-5,7-8,17H,3,6,9-16H2,1-2H3,(H,22,23). The Balaban J connectivity index is 1.47. The van der Waals surface area contributed by atoms with Crippen molar-refractivity contribution in [1.29, 1.82) is 0 Å². The zero-order valence-electron chi connectivity index (χ0n) is 16.6. The Labute approximate surface area is 162 Å². The number of rotatable bonds is 7. The molecule has 1 atom stereocenters. The minimum Gasteiger partial charge on any atom is -0.381 e. The number of aliphatic imine (C=N–C) groups is 1. The largest absolute Gasteiger partial charge is 0.381 e. The van der Waals surface area contributed by atoms with Crippen molar-refractivity contribution in [2.45, 2.75) is 32.6 Å². The molecule has 2 aliphatic heterocycles. The van der Waals surface area contributed by atoms with Crippen LogP contribution < -0.4 is 10.2 Å². The van der Waals surface area contributed by atoms with Crippen molar-refractivity contribution < 1.29 is 9.53 Å². The van der Waals surface area contributed by atoms with Crippen LogP contribution in [0.4, 0.5) is 5.69 Å². The minimum absolute atomic E-state index is 0.205. The van der Waals surface area contributed by atoms with Gasteiger partial charge in [-0.05, 0) is 37.8 Å². The fourth-order valence-corrected chi connectivity index (χ4v) is 3.82. The Kier molecular flexibility index (Phi) is 7.10. The van der Waals surface area contributed by atoms with E-state index in [9.17, 15) is 4.79 Å². The van der Waals surface area contributed by atoms with Crippen LogP contribution >= 0.6 is 0 Å². The molecular weight excluding hydrogens is 340 g/mol. The van der Waals surface area contributed by atoms with Gasteiger partial charge in [0.15, 0.2) is 5.96 Å². The fraction of sp³-hybridized carbons (Fsp3) is 0.619. The molecule has 148 valence electrons. The van der Waals surface area contributed by atoms with Crippen LogP contribution in [0.15, 0.2) is 29.3 Å². The number of para-hydroxylation sites is 1. The summed E-state index contributed by atoms with van der Waals surface area (Å²) in [7, 11) is 2.08. The Morgan fingerprint density at radius 2 is 2.26 bits per heavy atom. The number of nitrogens with zero attached hydrogens (tertiary/aromatic N) is 3. The molecule has 0 aliphatic carbocycles. The number of anilines is 1. The summed E-state index contributed by atoms with van der Waals surface area (Å²) < 4.78 is 5.47. The molecule has 2 aliphatic rings. The lowest BCUT2D eigenvalue weighted by molar-refractivity contribution is -0.118. The first-order valence-corrected chi connectivity index (χ1v) is 10.1. The highest BCUT2D eigenvalue weighted by Crippen LogP contribution is 2.28. The highest BCUT2D eigenvalue weighted by Gasteiger charge is 2.23. The van der Waals surface area contributed by atoms with E-state index < -0.39 is 0 Å². The number of amides is 1. The number of benzene rings is 1. The molecule has 1 aromatic carbocycles. The van der Waals surface area contributed by atoms with E-state index in [0.717, 1.165) is 63.8 Å². The second kappa shape index (κ2) is 9.74. The quantitative estimate of drug-likeness (QED) is 0.453. The molecule has 1 N–H and O–H groups in total. The molecule has 0 saturated carbocycles. The number of fused-ring (bicyclic) bond motifs is 1. The highest BCUT2D eigenvalue weighted by atomic mass is 16.5. The topological polar surface area (TPSA) is 57.2 Å². The molecule has 3 rings (SSSR count). The zero-order chi connectivity index (χ0) is 19.1. The number of carbonyl (C=O) groups excluding carboxylic acids is 1. The first-order valence-electron chi connectivity index (χ1n) is 10.1. The lowest BCUT2D eigenvalue weighted by Gasteiger charge is -2.24. The van der Waals surface area contributed by atoms with Gasteiger partial charge >= 0.3 is 0 Å². The van der Waals surface area contributed by atoms with Crippen molar-refractivity contribution >= 4 is 17.6 Å². The number of ether oxygens (including phenoxy) is 1. The molecule has 1 aromatic rings. The van der Waals surface area contributed by atoms with Gasteiger partial charge in [-0.1, -0.05) is 18.2 Å². The molecule has 6 nitrogen and oxygen atoms in total. The van der Waals surface area contributed by atoms with E-state index in [0.29, 0.717) is 18.9 Å². The molecule has 0 aromatic heterocycles. The number of nitrogens with one attached hydrogen (secondary N) is 1. The van der Waals surface area contributed by atoms with E-state index in [-0.39, 0.29) is 5.91 Å². The average Bonchev–Trinajstić information content (AvgIpc) is 3.33. The van der Waals surface area contributed by atoms with Gasteiger partial charge in [-0.2, -0.15) is 0 Å². The molecule has 2 heterocycles. The van der Waals surface area contributed by atoms with Gasteiger partial charge in [-0.25, -0.2) is 0 Å². The van der Waals surface area contributed by atoms with Gasteiger partial charge in [0.1, 0.15) is 0 Å². The second-order valence-corrected chi connectivity index (χ2v) is 7.37. The number of carbonyl (C=O) groups is 1. The van der Waals surface area contributed by atoms with Gasteiger partial charge < -0.3 is 19.9 Å². The predicted molar refractivity (Wildman–Crippen MR) is 109 cm³/mol. The smallest absolute Gasteiger partial charge is 0.227 e. The number of hydrogen-bond acceptors (Lipinski definition) is 3. The molecule has 0 radical (unpaired) electrons. The van der Waals surface area contributed by atoms with Crippen LogP contribution in [0.1, 0.15) is 31.7 Å². The van der Waals surface area contributed by atoms with Crippen molar-refractivity contribution in [2.24, 2.45) is 10.9 Å². The normalized spacial score (nSPS) is 19.3. The number of guanidine groups is 1. The predicted octanol–water partition coefficient (Wildman–Crippen LogP) is 2.29. The van der Waals surface area contributed by atoms with Crippen molar-refractivity contribution in [3.63, 3.8) is 0 Å². The molecule has 1 amide bonds. The lowest BCUT2D eigenvalue weighted by atomic mass is 10.1. The average molecular weight is 373 g/mol. The highest BCUT2D eigenvalue weighted by molar-refractivity contribution is 5.95. The maximum absolute atomic E-state index is 12.6. The van der Waals surface area contributed by atoms with Crippen LogP contribution in [0.2, 0.25) is 0 Å². The first-order chi connectivity index (χ1) is 13.2. The van der Waals surface area contributed by atoms with E-state index in [4.69, 9.17) is 9.73 Å². The van der Waals surface area contributed by atoms with Crippen LogP contribution in [-0.2, 0) is 16.0 Å². The summed E-state index contributed by atoms with van der Waals surface area (Å²) in [4.78, 5) is 21.4. The summed E-state index contributed by atoms with van der Waals surface area (Å²) in [5, 5.41) is 3.35. The van der Waals surface area contributed by atoms with Gasteiger partial charge in [0.25, 0.3) is 0 Å². The van der Waals surface area contributed by atoms with Gasteiger partial charge in [0, 0.05) is 57.9 Å². The summed E-state index contributed by atoms with van der Waals surface area (Å²) in [5.41, 5.74) is 2.36. The van der Waals surface area contributed by atoms with E-state index in [2.05, 4.69) is 30.3 Å². The van der Waals surface area contributed by atoms with Crippen molar-refractivity contribution in [1.82, 2.24) is 10.2 Å². The van der Waals surface area contributed by atoms with Gasteiger partial charge in [-0.3, -0.25) is 9.79 Å². The molecule has 0 bridgehead atoms. The van der Waals surface area contributed by atoms with Gasteiger partial charge in [0.2, 0.25) is 5.91 Å². The molecule has 1 saturated heterocycles. The Hall–Kier alpha value is -2.08. The van der Waals surface area contributed by atoms with Gasteiger partial charge in [-0.15, -0.1) is 0 Å². The molecule has 6 heteroatoms. The Morgan fingerprint density at radius 3 is 3.04 bits per heavy atom. The molecule has 1 fully saturated rings. The third-order valence-corrected chi connectivity index (χ3v) is 5.25. The monoisotopic (exact) mass is 372 g/mol. The summed E-state index contributed by atoms with van der Waals surface area (Å²) in [6.45, 7) is 7.05.